The molecule has 0 aliphatic rings. The van der Waals surface area contributed by atoms with Gasteiger partial charge in [-0.15, -0.1) is 0 Å². The summed E-state index contributed by atoms with van der Waals surface area (Å²) in [5, 5.41) is 23.1. The highest BCUT2D eigenvalue weighted by atomic mass is 16.5. The minimum absolute atomic E-state index is 0.00593. The van der Waals surface area contributed by atoms with Gasteiger partial charge in [0, 0.05) is 12.8 Å². The molecule has 394 valence electrons. The zero-order chi connectivity index (χ0) is 48.6. The number of esters is 1. The van der Waals surface area contributed by atoms with Crippen LogP contribution in [0.5, 0.6) is 0 Å². The maximum absolute atomic E-state index is 12.4. The molecule has 0 aliphatic carbocycles. The van der Waals surface area contributed by atoms with E-state index in [9.17, 15) is 19.8 Å². The molecule has 67 heavy (non-hydrogen) atoms. The third kappa shape index (κ3) is 53.3. The van der Waals surface area contributed by atoms with Gasteiger partial charge in [-0.2, -0.15) is 0 Å². The Bertz CT molecular complexity index is 1090. The van der Waals surface area contributed by atoms with Gasteiger partial charge in [-0.3, -0.25) is 9.59 Å². The molecular formula is C61H115NO5. The van der Waals surface area contributed by atoms with Gasteiger partial charge in [0.15, 0.2) is 0 Å². The standard InChI is InChI=1S/C61H115NO5/c1-3-5-7-9-11-13-14-15-16-17-22-26-29-32-35-39-43-47-51-55-61(66)67-56-52-48-44-40-36-33-30-27-24-21-19-18-20-23-25-28-31-34-38-42-46-50-54-60(65)62-58(57-63)59(64)53-49-45-41-37-12-10-8-6-4-2/h11,13,15-16,20,23,58-59,63-64H,3-10,12,14,17-19,21-22,24-57H2,1-2H3,(H,62,65)/b13-11-,16-15-,23-20-. The molecular weight excluding hydrogens is 827 g/mol. The van der Waals surface area contributed by atoms with Crippen LogP contribution >= 0.6 is 0 Å². The topological polar surface area (TPSA) is 95.9 Å². The maximum Gasteiger partial charge on any atom is 0.305 e. The zero-order valence-corrected chi connectivity index (χ0v) is 44.9. The third-order valence-electron chi connectivity index (χ3n) is 13.7. The van der Waals surface area contributed by atoms with Crippen LogP contribution < -0.4 is 5.32 Å². The molecule has 0 aliphatic heterocycles. The summed E-state index contributed by atoms with van der Waals surface area (Å²) in [5.41, 5.74) is 0. The highest BCUT2D eigenvalue weighted by Gasteiger charge is 2.20. The monoisotopic (exact) mass is 942 g/mol. The normalized spacial score (nSPS) is 12.8. The smallest absolute Gasteiger partial charge is 0.305 e. The highest BCUT2D eigenvalue weighted by Crippen LogP contribution is 2.17. The number of rotatable bonds is 55. The van der Waals surface area contributed by atoms with Crippen LogP contribution in [0.2, 0.25) is 0 Å². The molecule has 0 saturated heterocycles. The molecule has 0 rings (SSSR count). The summed E-state index contributed by atoms with van der Waals surface area (Å²) in [5.74, 6) is -0.0385. The van der Waals surface area contributed by atoms with Crippen LogP contribution in [0.3, 0.4) is 0 Å². The zero-order valence-electron chi connectivity index (χ0n) is 44.9. The van der Waals surface area contributed by atoms with E-state index in [1.165, 1.54) is 231 Å². The molecule has 2 atom stereocenters. The molecule has 6 heteroatoms. The van der Waals surface area contributed by atoms with Gasteiger partial charge in [-0.1, -0.05) is 256 Å². The van der Waals surface area contributed by atoms with Crippen molar-refractivity contribution in [2.45, 2.75) is 328 Å². The van der Waals surface area contributed by atoms with Crippen LogP contribution in [0.1, 0.15) is 316 Å². The van der Waals surface area contributed by atoms with Crippen molar-refractivity contribution in [3.63, 3.8) is 0 Å². The molecule has 0 aromatic rings. The van der Waals surface area contributed by atoms with Crippen molar-refractivity contribution in [1.29, 1.82) is 0 Å². The van der Waals surface area contributed by atoms with Crippen molar-refractivity contribution in [3.8, 4) is 0 Å². The lowest BCUT2D eigenvalue weighted by Crippen LogP contribution is -2.45. The van der Waals surface area contributed by atoms with Crippen LogP contribution in [0.25, 0.3) is 0 Å². The van der Waals surface area contributed by atoms with Crippen LogP contribution in [-0.2, 0) is 14.3 Å². The summed E-state index contributed by atoms with van der Waals surface area (Å²) >= 11 is 0. The van der Waals surface area contributed by atoms with E-state index < -0.39 is 12.1 Å². The predicted octanol–water partition coefficient (Wildman–Crippen LogP) is 18.4. The number of hydrogen-bond acceptors (Lipinski definition) is 5. The first-order valence-corrected chi connectivity index (χ1v) is 29.7. The van der Waals surface area contributed by atoms with Gasteiger partial charge in [-0.25, -0.2) is 0 Å². The number of carbonyl (C=O) groups excluding carboxylic acids is 2. The Hall–Kier alpha value is -1.92. The van der Waals surface area contributed by atoms with E-state index in [-0.39, 0.29) is 18.5 Å². The summed E-state index contributed by atoms with van der Waals surface area (Å²) in [4.78, 5) is 24.5. The first-order valence-electron chi connectivity index (χ1n) is 29.7. The second-order valence-corrected chi connectivity index (χ2v) is 20.3. The largest absolute Gasteiger partial charge is 0.466 e. The minimum atomic E-state index is -0.666. The van der Waals surface area contributed by atoms with Crippen molar-refractivity contribution in [2.75, 3.05) is 13.2 Å². The number of allylic oxidation sites excluding steroid dienone is 6. The average Bonchev–Trinajstić information content (AvgIpc) is 3.33. The Morgan fingerprint density at radius 3 is 1.18 bits per heavy atom. The fourth-order valence-corrected chi connectivity index (χ4v) is 9.08. The Labute approximate surface area is 417 Å². The number of nitrogens with one attached hydrogen (secondary N) is 1. The summed E-state index contributed by atoms with van der Waals surface area (Å²) in [7, 11) is 0. The summed E-state index contributed by atoms with van der Waals surface area (Å²) < 4.78 is 5.49. The highest BCUT2D eigenvalue weighted by molar-refractivity contribution is 5.76. The van der Waals surface area contributed by atoms with E-state index in [4.69, 9.17) is 4.74 Å². The minimum Gasteiger partial charge on any atom is -0.466 e. The SMILES string of the molecule is CCCCC/C=C\C/C=C\CCCCCCCCCCCC(=O)OCCCCCCCCCCCCC/C=C\CCCCCCCCCC(=O)NC(CO)C(O)CCCCCCCCCCC. The van der Waals surface area contributed by atoms with E-state index in [1.807, 2.05) is 0 Å². The van der Waals surface area contributed by atoms with E-state index in [0.717, 1.165) is 51.4 Å². The molecule has 1 amide bonds. The molecule has 0 aromatic heterocycles. The van der Waals surface area contributed by atoms with Crippen molar-refractivity contribution in [2.24, 2.45) is 0 Å². The van der Waals surface area contributed by atoms with Crippen molar-refractivity contribution in [3.05, 3.63) is 36.5 Å². The van der Waals surface area contributed by atoms with Gasteiger partial charge in [0.25, 0.3) is 0 Å². The second kappa shape index (κ2) is 56.7. The Morgan fingerprint density at radius 2 is 0.746 bits per heavy atom. The third-order valence-corrected chi connectivity index (χ3v) is 13.7. The van der Waals surface area contributed by atoms with Crippen LogP contribution in [-0.4, -0.2) is 47.4 Å². The first kappa shape index (κ1) is 65.1. The predicted molar refractivity (Wildman–Crippen MR) is 292 cm³/mol. The van der Waals surface area contributed by atoms with Crippen LogP contribution in [0.4, 0.5) is 0 Å². The van der Waals surface area contributed by atoms with Gasteiger partial charge in [0.05, 0.1) is 25.4 Å². The number of unbranched alkanes of at least 4 members (excludes halogenated alkanes) is 38. The summed E-state index contributed by atoms with van der Waals surface area (Å²) in [6.07, 6.45) is 70.1. The molecule has 6 nitrogen and oxygen atoms in total. The van der Waals surface area contributed by atoms with E-state index in [1.54, 1.807) is 0 Å². The quantitative estimate of drug-likeness (QED) is 0.0321. The number of carbonyl (C=O) groups is 2. The number of ether oxygens (including phenoxy) is 1. The lowest BCUT2D eigenvalue weighted by atomic mass is 10.0. The van der Waals surface area contributed by atoms with Gasteiger partial charge < -0.3 is 20.3 Å². The molecule has 0 bridgehead atoms. The second-order valence-electron chi connectivity index (χ2n) is 20.3. The fraction of sp³-hybridized carbons (Fsp3) is 0.869. The molecule has 0 saturated carbocycles. The molecule has 2 unspecified atom stereocenters. The Morgan fingerprint density at radius 1 is 0.418 bits per heavy atom. The van der Waals surface area contributed by atoms with Gasteiger partial charge >= 0.3 is 5.97 Å². The number of aliphatic hydroxyl groups is 2. The lowest BCUT2D eigenvalue weighted by Gasteiger charge is -2.22. The average molecular weight is 943 g/mol. The molecule has 0 heterocycles. The van der Waals surface area contributed by atoms with Crippen molar-refractivity contribution >= 4 is 11.9 Å². The lowest BCUT2D eigenvalue weighted by molar-refractivity contribution is -0.143. The number of aliphatic hydroxyl groups excluding tert-OH is 2. The van der Waals surface area contributed by atoms with Gasteiger partial charge in [0.2, 0.25) is 5.91 Å². The van der Waals surface area contributed by atoms with Gasteiger partial charge in [-0.05, 0) is 83.5 Å². The Balaban J connectivity index is 3.38. The Kier molecular flexibility index (Phi) is 55.0. The van der Waals surface area contributed by atoms with E-state index in [0.29, 0.717) is 25.9 Å². The van der Waals surface area contributed by atoms with E-state index in [2.05, 4.69) is 55.6 Å². The summed E-state index contributed by atoms with van der Waals surface area (Å²) in [6, 6.07) is -0.545. The number of hydrogen-bond donors (Lipinski definition) is 3. The first-order chi connectivity index (χ1) is 33.0. The maximum atomic E-state index is 12.4. The van der Waals surface area contributed by atoms with Gasteiger partial charge in [0.1, 0.15) is 0 Å². The molecule has 3 N–H and O–H groups in total. The fourth-order valence-electron chi connectivity index (χ4n) is 9.08. The van der Waals surface area contributed by atoms with Crippen LogP contribution in [0, 0.1) is 0 Å². The van der Waals surface area contributed by atoms with Crippen molar-refractivity contribution < 1.29 is 24.5 Å². The molecule has 0 radical (unpaired) electrons. The molecule has 0 aromatic carbocycles. The number of amides is 1. The van der Waals surface area contributed by atoms with Crippen molar-refractivity contribution in [1.82, 2.24) is 5.32 Å². The van der Waals surface area contributed by atoms with Crippen LogP contribution in [0.15, 0.2) is 36.5 Å². The summed E-state index contributed by atoms with van der Waals surface area (Å²) in [6.45, 7) is 4.91. The molecule has 0 spiro atoms. The van der Waals surface area contributed by atoms with E-state index >= 15 is 0 Å². The molecule has 0 fully saturated rings.